The van der Waals surface area contributed by atoms with E-state index in [0.29, 0.717) is 5.69 Å². The molecule has 1 heterocycles. The van der Waals surface area contributed by atoms with E-state index in [0.717, 1.165) is 16.5 Å². The molecule has 0 fully saturated rings. The van der Waals surface area contributed by atoms with Gasteiger partial charge in [0.1, 0.15) is 12.2 Å². The number of carboxylic acids is 1. The minimum absolute atomic E-state index is 0.376. The van der Waals surface area contributed by atoms with Gasteiger partial charge in [-0.05, 0) is 24.6 Å². The number of aromatic nitrogens is 1. The molecule has 5 nitrogen and oxygen atoms in total. The van der Waals surface area contributed by atoms with Crippen molar-refractivity contribution < 1.29 is 14.7 Å². The number of aryl methyl sites for hydroxylation is 2. The smallest absolute Gasteiger partial charge is 0.322 e. The van der Waals surface area contributed by atoms with Gasteiger partial charge in [-0.2, -0.15) is 0 Å². The zero-order valence-electron chi connectivity index (χ0n) is 10.2. The lowest BCUT2D eigenvalue weighted by atomic mass is 10.2. The predicted octanol–water partition coefficient (Wildman–Crippen LogP) is 1.30. The Morgan fingerprint density at radius 3 is 2.72 bits per heavy atom. The largest absolute Gasteiger partial charge is 0.480 e. The first-order chi connectivity index (χ1) is 8.49. The Bertz CT molecular complexity index is 628. The van der Waals surface area contributed by atoms with Crippen molar-refractivity contribution in [2.45, 2.75) is 6.92 Å². The van der Waals surface area contributed by atoms with Crippen LogP contribution in [-0.2, 0) is 11.8 Å². The van der Waals surface area contributed by atoms with Crippen molar-refractivity contribution in [1.29, 1.82) is 0 Å². The summed E-state index contributed by atoms with van der Waals surface area (Å²) >= 11 is 0. The molecule has 2 aromatic rings. The molecule has 1 aromatic heterocycles. The van der Waals surface area contributed by atoms with Gasteiger partial charge in [-0.1, -0.05) is 12.1 Å². The Labute approximate surface area is 104 Å². The summed E-state index contributed by atoms with van der Waals surface area (Å²) in [6.07, 6.45) is 0. The molecular weight excluding hydrogens is 232 g/mol. The molecule has 0 spiro atoms. The first-order valence-electron chi connectivity index (χ1n) is 5.55. The fourth-order valence-corrected chi connectivity index (χ4v) is 1.90. The quantitative estimate of drug-likeness (QED) is 0.857. The first-order valence-corrected chi connectivity index (χ1v) is 5.55. The summed E-state index contributed by atoms with van der Waals surface area (Å²) in [6, 6.07) is 7.66. The lowest BCUT2D eigenvalue weighted by Gasteiger charge is -2.04. The third-order valence-electron chi connectivity index (χ3n) is 2.83. The molecule has 2 N–H and O–H groups in total. The number of nitrogens with zero attached hydrogens (tertiary/aromatic N) is 1. The number of carboxylic acid groups (broad SMARTS) is 1. The average Bonchev–Trinajstić information content (AvgIpc) is 2.64. The third-order valence-corrected chi connectivity index (χ3v) is 2.83. The van der Waals surface area contributed by atoms with Crippen LogP contribution in [0, 0.1) is 6.92 Å². The molecule has 0 atom stereocenters. The number of rotatable bonds is 3. The Hall–Kier alpha value is -2.30. The van der Waals surface area contributed by atoms with Crippen molar-refractivity contribution in [3.63, 3.8) is 0 Å². The molecule has 1 aromatic carbocycles. The van der Waals surface area contributed by atoms with Crippen LogP contribution in [0.3, 0.4) is 0 Å². The molecule has 0 saturated heterocycles. The third kappa shape index (κ3) is 2.20. The standard InChI is InChI=1S/C13H14N2O3/c1-8-3-4-9-6-11(15(2)10(9)5-8)13(18)14-7-12(16)17/h3-6H,7H2,1-2H3,(H,14,18)(H,16,17). The highest BCUT2D eigenvalue weighted by atomic mass is 16.4. The molecule has 0 aliphatic rings. The molecule has 0 saturated carbocycles. The molecule has 18 heavy (non-hydrogen) atoms. The number of nitrogens with one attached hydrogen (secondary N) is 1. The molecular formula is C13H14N2O3. The van der Waals surface area contributed by atoms with Gasteiger partial charge in [0.05, 0.1) is 0 Å². The maximum absolute atomic E-state index is 11.8. The fraction of sp³-hybridized carbons (Fsp3) is 0.231. The number of benzene rings is 1. The second-order valence-corrected chi connectivity index (χ2v) is 4.23. The highest BCUT2D eigenvalue weighted by Gasteiger charge is 2.13. The van der Waals surface area contributed by atoms with Crippen LogP contribution in [0.5, 0.6) is 0 Å². The van der Waals surface area contributed by atoms with Crippen LogP contribution < -0.4 is 5.32 Å². The number of carbonyl (C=O) groups excluding carboxylic acids is 1. The fourth-order valence-electron chi connectivity index (χ4n) is 1.90. The molecule has 94 valence electrons. The van der Waals surface area contributed by atoms with Crippen LogP contribution in [-0.4, -0.2) is 28.1 Å². The van der Waals surface area contributed by atoms with Crippen molar-refractivity contribution in [2.24, 2.45) is 7.05 Å². The average molecular weight is 246 g/mol. The SMILES string of the molecule is Cc1ccc2cc(C(=O)NCC(=O)O)n(C)c2c1. The first kappa shape index (κ1) is 12.2. The van der Waals surface area contributed by atoms with Crippen molar-refractivity contribution in [3.05, 3.63) is 35.5 Å². The lowest BCUT2D eigenvalue weighted by molar-refractivity contribution is -0.135. The van der Waals surface area contributed by atoms with Crippen molar-refractivity contribution in [1.82, 2.24) is 9.88 Å². The van der Waals surface area contributed by atoms with E-state index in [1.54, 1.807) is 17.7 Å². The predicted molar refractivity (Wildman–Crippen MR) is 67.6 cm³/mol. The van der Waals surface area contributed by atoms with Crippen LogP contribution >= 0.6 is 0 Å². The van der Waals surface area contributed by atoms with E-state index in [1.165, 1.54) is 0 Å². The number of fused-ring (bicyclic) bond motifs is 1. The van der Waals surface area contributed by atoms with Crippen molar-refractivity contribution in [3.8, 4) is 0 Å². The maximum atomic E-state index is 11.8. The van der Waals surface area contributed by atoms with Crippen molar-refractivity contribution in [2.75, 3.05) is 6.54 Å². The maximum Gasteiger partial charge on any atom is 0.322 e. The second-order valence-electron chi connectivity index (χ2n) is 4.23. The molecule has 0 radical (unpaired) electrons. The summed E-state index contributed by atoms with van der Waals surface area (Å²) < 4.78 is 1.76. The molecule has 2 rings (SSSR count). The van der Waals surface area contributed by atoms with Gasteiger partial charge in [-0.3, -0.25) is 9.59 Å². The molecule has 0 aliphatic heterocycles. The summed E-state index contributed by atoms with van der Waals surface area (Å²) in [6.45, 7) is 1.61. The highest BCUT2D eigenvalue weighted by Crippen LogP contribution is 2.19. The lowest BCUT2D eigenvalue weighted by Crippen LogP contribution is -2.30. The Morgan fingerprint density at radius 2 is 2.06 bits per heavy atom. The van der Waals surface area contributed by atoms with Crippen molar-refractivity contribution >= 4 is 22.8 Å². The molecule has 5 heteroatoms. The Balaban J connectivity index is 2.36. The Kier molecular flexibility index (Phi) is 3.06. The van der Waals surface area contributed by atoms with E-state index < -0.39 is 5.97 Å². The van der Waals surface area contributed by atoms with Crippen LogP contribution in [0.15, 0.2) is 24.3 Å². The van der Waals surface area contributed by atoms with E-state index in [2.05, 4.69) is 5.32 Å². The minimum Gasteiger partial charge on any atom is -0.480 e. The molecule has 0 aliphatic carbocycles. The van der Waals surface area contributed by atoms with E-state index >= 15 is 0 Å². The van der Waals surface area contributed by atoms with Gasteiger partial charge in [0.25, 0.3) is 5.91 Å². The summed E-state index contributed by atoms with van der Waals surface area (Å²) in [5.41, 5.74) is 2.52. The monoisotopic (exact) mass is 246 g/mol. The van der Waals surface area contributed by atoms with Gasteiger partial charge >= 0.3 is 5.97 Å². The Morgan fingerprint density at radius 1 is 1.33 bits per heavy atom. The number of carbonyl (C=O) groups is 2. The van der Waals surface area contributed by atoms with Gasteiger partial charge in [0.15, 0.2) is 0 Å². The second kappa shape index (κ2) is 4.52. The van der Waals surface area contributed by atoms with E-state index in [9.17, 15) is 9.59 Å². The van der Waals surface area contributed by atoms with E-state index in [-0.39, 0.29) is 12.5 Å². The van der Waals surface area contributed by atoms with Crippen LogP contribution in [0.1, 0.15) is 16.1 Å². The molecule has 1 amide bonds. The molecule has 0 unspecified atom stereocenters. The summed E-state index contributed by atoms with van der Waals surface area (Å²) in [5, 5.41) is 11.9. The van der Waals surface area contributed by atoms with Gasteiger partial charge in [0, 0.05) is 18.0 Å². The molecule has 0 bridgehead atoms. The van der Waals surface area contributed by atoms with Crippen LogP contribution in [0.2, 0.25) is 0 Å². The number of hydrogen-bond acceptors (Lipinski definition) is 2. The summed E-state index contributed by atoms with van der Waals surface area (Å²) in [7, 11) is 1.79. The highest BCUT2D eigenvalue weighted by molar-refractivity contribution is 5.99. The topological polar surface area (TPSA) is 71.3 Å². The van der Waals surface area contributed by atoms with Crippen LogP contribution in [0.25, 0.3) is 10.9 Å². The zero-order chi connectivity index (χ0) is 13.3. The van der Waals surface area contributed by atoms with E-state index in [4.69, 9.17) is 5.11 Å². The number of hydrogen-bond donors (Lipinski definition) is 2. The van der Waals surface area contributed by atoms with Gasteiger partial charge in [-0.15, -0.1) is 0 Å². The van der Waals surface area contributed by atoms with Crippen LogP contribution in [0.4, 0.5) is 0 Å². The normalized spacial score (nSPS) is 10.6. The number of amides is 1. The minimum atomic E-state index is -1.06. The zero-order valence-corrected chi connectivity index (χ0v) is 10.2. The van der Waals surface area contributed by atoms with Gasteiger partial charge < -0.3 is 15.0 Å². The number of aliphatic carboxylic acids is 1. The van der Waals surface area contributed by atoms with Gasteiger partial charge in [-0.25, -0.2) is 0 Å². The van der Waals surface area contributed by atoms with Gasteiger partial charge in [0.2, 0.25) is 0 Å². The summed E-state index contributed by atoms with van der Waals surface area (Å²) in [5.74, 6) is -1.44. The summed E-state index contributed by atoms with van der Waals surface area (Å²) in [4.78, 5) is 22.2. The van der Waals surface area contributed by atoms with E-state index in [1.807, 2.05) is 25.1 Å².